The number of carbonyl (C=O) groups excluding carboxylic acids is 1. The number of aryl methyl sites for hydroxylation is 1. The Morgan fingerprint density at radius 1 is 1.40 bits per heavy atom. The van der Waals surface area contributed by atoms with E-state index in [2.05, 4.69) is 21.8 Å². The third-order valence-electron chi connectivity index (χ3n) is 3.54. The maximum atomic E-state index is 12.0. The summed E-state index contributed by atoms with van der Waals surface area (Å²) in [5, 5.41) is 10.5. The number of rotatable bonds is 4. The number of hydrogen-bond donors (Lipinski definition) is 2. The van der Waals surface area contributed by atoms with Gasteiger partial charge < -0.3 is 10.6 Å². The van der Waals surface area contributed by atoms with Crippen molar-refractivity contribution < 1.29 is 4.79 Å². The zero-order chi connectivity index (χ0) is 13.8. The van der Waals surface area contributed by atoms with Gasteiger partial charge in [0.05, 0.1) is 0 Å². The predicted molar refractivity (Wildman–Crippen MR) is 77.3 cm³/mol. The minimum Gasteiger partial charge on any atom is -0.326 e. The van der Waals surface area contributed by atoms with Crippen LogP contribution in [0.5, 0.6) is 0 Å². The molecule has 1 aromatic heterocycles. The molecule has 0 atom stereocenters. The van der Waals surface area contributed by atoms with Crippen molar-refractivity contribution in [2.45, 2.75) is 25.9 Å². The highest BCUT2D eigenvalue weighted by Crippen LogP contribution is 2.23. The first-order valence-corrected chi connectivity index (χ1v) is 6.92. The molecule has 2 heterocycles. The third-order valence-corrected chi connectivity index (χ3v) is 3.54. The van der Waals surface area contributed by atoms with Crippen LogP contribution in [0.3, 0.4) is 0 Å². The second-order valence-electron chi connectivity index (χ2n) is 4.94. The number of aromatic nitrogens is 2. The second-order valence-corrected chi connectivity index (χ2v) is 4.94. The van der Waals surface area contributed by atoms with Gasteiger partial charge in [-0.05, 0) is 36.2 Å². The van der Waals surface area contributed by atoms with Gasteiger partial charge in [-0.1, -0.05) is 12.1 Å². The molecular weight excluding hydrogens is 252 g/mol. The summed E-state index contributed by atoms with van der Waals surface area (Å²) in [7, 11) is 0. The number of fused-ring (bicyclic) bond motifs is 1. The molecule has 3 rings (SSSR count). The van der Waals surface area contributed by atoms with Gasteiger partial charge in [0.2, 0.25) is 5.91 Å². The molecule has 0 aliphatic carbocycles. The van der Waals surface area contributed by atoms with Crippen molar-refractivity contribution in [2.24, 2.45) is 0 Å². The van der Waals surface area contributed by atoms with E-state index in [1.54, 1.807) is 10.9 Å². The fraction of sp³-hybridized carbons (Fsp3) is 0.333. The smallest absolute Gasteiger partial charge is 0.226 e. The lowest BCUT2D eigenvalue weighted by atomic mass is 9.99. The number of amides is 1. The molecule has 0 fully saturated rings. The number of nitrogens with zero attached hydrogens (tertiary/aromatic N) is 2. The van der Waals surface area contributed by atoms with E-state index >= 15 is 0 Å². The Hall–Kier alpha value is -2.14. The van der Waals surface area contributed by atoms with Gasteiger partial charge in [-0.2, -0.15) is 5.10 Å². The summed E-state index contributed by atoms with van der Waals surface area (Å²) in [6, 6.07) is 7.95. The average molecular weight is 270 g/mol. The van der Waals surface area contributed by atoms with E-state index in [-0.39, 0.29) is 5.91 Å². The molecule has 1 aromatic carbocycles. The van der Waals surface area contributed by atoms with Crippen molar-refractivity contribution in [1.29, 1.82) is 0 Å². The maximum absolute atomic E-state index is 12.0. The Morgan fingerprint density at radius 2 is 2.35 bits per heavy atom. The van der Waals surface area contributed by atoms with Crippen LogP contribution in [0.2, 0.25) is 0 Å². The normalized spacial score (nSPS) is 13.8. The lowest BCUT2D eigenvalue weighted by molar-refractivity contribution is -0.116. The van der Waals surface area contributed by atoms with E-state index in [1.807, 2.05) is 24.4 Å². The Morgan fingerprint density at radius 3 is 3.20 bits per heavy atom. The maximum Gasteiger partial charge on any atom is 0.226 e. The zero-order valence-electron chi connectivity index (χ0n) is 11.3. The molecule has 0 spiro atoms. The Labute approximate surface area is 118 Å². The second kappa shape index (κ2) is 5.88. The van der Waals surface area contributed by atoms with Gasteiger partial charge in [0.25, 0.3) is 0 Å². The molecule has 2 N–H and O–H groups in total. The van der Waals surface area contributed by atoms with Gasteiger partial charge in [0, 0.05) is 37.6 Å². The number of anilines is 1. The van der Waals surface area contributed by atoms with Gasteiger partial charge in [-0.15, -0.1) is 0 Å². The van der Waals surface area contributed by atoms with Gasteiger partial charge in [0.15, 0.2) is 0 Å². The first-order chi connectivity index (χ1) is 9.83. The molecule has 0 saturated carbocycles. The van der Waals surface area contributed by atoms with Crippen molar-refractivity contribution in [1.82, 2.24) is 15.1 Å². The SMILES string of the molecule is O=C(CCn1cccn1)Nc1cccc2c1CCNC2. The van der Waals surface area contributed by atoms with Crippen LogP contribution in [0.25, 0.3) is 0 Å². The van der Waals surface area contributed by atoms with Crippen LogP contribution in [0.4, 0.5) is 5.69 Å². The molecule has 2 aromatic rings. The van der Waals surface area contributed by atoms with Gasteiger partial charge in [0.1, 0.15) is 0 Å². The Kier molecular flexibility index (Phi) is 3.78. The summed E-state index contributed by atoms with van der Waals surface area (Å²) in [4.78, 5) is 12.0. The van der Waals surface area contributed by atoms with Crippen LogP contribution >= 0.6 is 0 Å². The highest BCUT2D eigenvalue weighted by molar-refractivity contribution is 5.91. The summed E-state index contributed by atoms with van der Waals surface area (Å²) in [5.41, 5.74) is 3.49. The monoisotopic (exact) mass is 270 g/mol. The quantitative estimate of drug-likeness (QED) is 0.886. The van der Waals surface area contributed by atoms with E-state index in [9.17, 15) is 4.79 Å². The predicted octanol–water partition coefficient (Wildman–Crippen LogP) is 1.56. The summed E-state index contributed by atoms with van der Waals surface area (Å²) >= 11 is 0. The highest BCUT2D eigenvalue weighted by atomic mass is 16.1. The van der Waals surface area contributed by atoms with Gasteiger partial charge in [-0.25, -0.2) is 0 Å². The standard InChI is InChI=1S/C15H18N4O/c20-15(6-10-19-9-2-7-17-19)18-14-4-1-3-12-11-16-8-5-13(12)14/h1-4,7,9,16H,5-6,8,10-11H2,(H,18,20). The number of benzene rings is 1. The molecule has 1 aliphatic heterocycles. The Bertz CT molecular complexity index is 592. The molecule has 0 bridgehead atoms. The molecule has 20 heavy (non-hydrogen) atoms. The largest absolute Gasteiger partial charge is 0.326 e. The number of nitrogens with one attached hydrogen (secondary N) is 2. The van der Waals surface area contributed by atoms with E-state index < -0.39 is 0 Å². The summed E-state index contributed by atoms with van der Waals surface area (Å²) in [6.07, 6.45) is 4.98. The van der Waals surface area contributed by atoms with Crippen LogP contribution in [-0.4, -0.2) is 22.2 Å². The summed E-state index contributed by atoms with van der Waals surface area (Å²) in [6.45, 7) is 2.45. The van der Waals surface area contributed by atoms with Crippen molar-refractivity contribution in [3.05, 3.63) is 47.8 Å². The van der Waals surface area contributed by atoms with Gasteiger partial charge in [-0.3, -0.25) is 9.48 Å². The Balaban J connectivity index is 1.64. The van der Waals surface area contributed by atoms with Crippen LogP contribution in [0.1, 0.15) is 17.5 Å². The molecular formula is C15H18N4O. The molecule has 0 saturated heterocycles. The molecule has 1 amide bonds. The minimum absolute atomic E-state index is 0.0347. The fourth-order valence-electron chi connectivity index (χ4n) is 2.51. The minimum atomic E-state index is 0.0347. The summed E-state index contributed by atoms with van der Waals surface area (Å²) < 4.78 is 1.77. The van der Waals surface area contributed by atoms with Crippen LogP contribution in [-0.2, 0) is 24.3 Å². The average Bonchev–Trinajstić information content (AvgIpc) is 2.99. The molecule has 5 heteroatoms. The highest BCUT2D eigenvalue weighted by Gasteiger charge is 2.13. The molecule has 5 nitrogen and oxygen atoms in total. The van der Waals surface area contributed by atoms with Crippen LogP contribution < -0.4 is 10.6 Å². The lowest BCUT2D eigenvalue weighted by Gasteiger charge is -2.20. The first kappa shape index (κ1) is 12.9. The van der Waals surface area contributed by atoms with E-state index in [0.29, 0.717) is 13.0 Å². The fourth-order valence-corrected chi connectivity index (χ4v) is 2.51. The zero-order valence-corrected chi connectivity index (χ0v) is 11.3. The number of hydrogen-bond acceptors (Lipinski definition) is 3. The van der Waals surface area contributed by atoms with E-state index in [4.69, 9.17) is 0 Å². The number of carbonyl (C=O) groups is 1. The van der Waals surface area contributed by atoms with Crippen molar-refractivity contribution >= 4 is 11.6 Å². The topological polar surface area (TPSA) is 59.0 Å². The lowest BCUT2D eigenvalue weighted by Crippen LogP contribution is -2.25. The summed E-state index contributed by atoms with van der Waals surface area (Å²) in [5.74, 6) is 0.0347. The van der Waals surface area contributed by atoms with E-state index in [1.165, 1.54) is 11.1 Å². The molecule has 0 unspecified atom stereocenters. The third kappa shape index (κ3) is 2.88. The molecule has 104 valence electrons. The van der Waals surface area contributed by atoms with Crippen molar-refractivity contribution in [2.75, 3.05) is 11.9 Å². The van der Waals surface area contributed by atoms with Gasteiger partial charge >= 0.3 is 0 Å². The van der Waals surface area contributed by atoms with E-state index in [0.717, 1.165) is 25.2 Å². The van der Waals surface area contributed by atoms with Crippen molar-refractivity contribution in [3.8, 4) is 0 Å². The first-order valence-electron chi connectivity index (χ1n) is 6.92. The van der Waals surface area contributed by atoms with Crippen LogP contribution in [0.15, 0.2) is 36.7 Å². The van der Waals surface area contributed by atoms with Crippen LogP contribution in [0, 0.1) is 0 Å². The molecule has 0 radical (unpaired) electrons. The van der Waals surface area contributed by atoms with Crippen molar-refractivity contribution in [3.63, 3.8) is 0 Å². The molecule has 1 aliphatic rings.